The molecular weight excluding hydrogens is 378 g/mol. The molecule has 0 aliphatic heterocycles. The fourth-order valence-corrected chi connectivity index (χ4v) is 3.21. The first-order chi connectivity index (χ1) is 14.5. The zero-order valence-electron chi connectivity index (χ0n) is 16.1. The second-order valence-electron chi connectivity index (χ2n) is 6.74. The number of benzene rings is 2. The number of rotatable bonds is 4. The average Bonchev–Trinajstić information content (AvgIpc) is 3.21. The number of nitrogens with zero attached hydrogens (tertiary/aromatic N) is 4. The number of fused-ring (bicyclic) bond motifs is 1. The van der Waals surface area contributed by atoms with Crippen LogP contribution in [0, 0.1) is 6.57 Å². The normalized spacial score (nSPS) is 10.5. The van der Waals surface area contributed by atoms with Gasteiger partial charge in [0.15, 0.2) is 5.69 Å². The fourth-order valence-electron chi connectivity index (χ4n) is 3.21. The molecule has 4 aromatic rings. The van der Waals surface area contributed by atoms with Crippen molar-refractivity contribution in [2.45, 2.75) is 0 Å². The minimum atomic E-state index is -0.484. The molecule has 0 bridgehead atoms. The first-order valence-electron chi connectivity index (χ1n) is 9.11. The third-order valence-electron chi connectivity index (χ3n) is 4.92. The zero-order chi connectivity index (χ0) is 21.3. The van der Waals surface area contributed by atoms with Crippen molar-refractivity contribution < 1.29 is 9.59 Å². The van der Waals surface area contributed by atoms with Crippen LogP contribution in [0.15, 0.2) is 73.1 Å². The van der Waals surface area contributed by atoms with Crippen LogP contribution in [-0.2, 0) is 0 Å². The van der Waals surface area contributed by atoms with Crippen molar-refractivity contribution in [1.82, 2.24) is 9.61 Å². The van der Waals surface area contributed by atoms with E-state index in [1.807, 2.05) is 0 Å². The van der Waals surface area contributed by atoms with Crippen LogP contribution in [0.25, 0.3) is 21.5 Å². The highest BCUT2D eigenvalue weighted by molar-refractivity contribution is 6.06. The Morgan fingerprint density at radius 2 is 1.73 bits per heavy atom. The molecular formula is C23H17N5O2. The summed E-state index contributed by atoms with van der Waals surface area (Å²) in [4.78, 5) is 29.2. The molecule has 30 heavy (non-hydrogen) atoms. The summed E-state index contributed by atoms with van der Waals surface area (Å²) >= 11 is 0. The molecule has 2 aromatic heterocycles. The van der Waals surface area contributed by atoms with Gasteiger partial charge in [0.2, 0.25) is 5.91 Å². The first kappa shape index (κ1) is 18.9. The summed E-state index contributed by atoms with van der Waals surface area (Å²) in [7, 11) is 1.69. The summed E-state index contributed by atoms with van der Waals surface area (Å²) in [5.41, 5.74) is 9.93. The molecule has 0 radical (unpaired) electrons. The van der Waals surface area contributed by atoms with E-state index in [1.54, 1.807) is 84.6 Å². The van der Waals surface area contributed by atoms with E-state index in [4.69, 9.17) is 12.3 Å². The van der Waals surface area contributed by atoms with Gasteiger partial charge in [0.05, 0.1) is 18.3 Å². The second kappa shape index (κ2) is 7.53. The van der Waals surface area contributed by atoms with E-state index in [2.05, 4.69) is 9.94 Å². The van der Waals surface area contributed by atoms with Crippen LogP contribution in [-0.4, -0.2) is 28.5 Å². The summed E-state index contributed by atoms with van der Waals surface area (Å²) in [6, 6.07) is 17.3. The van der Waals surface area contributed by atoms with E-state index in [0.29, 0.717) is 22.5 Å². The van der Waals surface area contributed by atoms with E-state index in [-0.39, 0.29) is 5.91 Å². The van der Waals surface area contributed by atoms with Gasteiger partial charge in [0.1, 0.15) is 0 Å². The molecule has 0 fully saturated rings. The van der Waals surface area contributed by atoms with Crippen molar-refractivity contribution in [3.63, 3.8) is 0 Å². The Balaban J connectivity index is 1.68. The van der Waals surface area contributed by atoms with Gasteiger partial charge in [-0.15, -0.1) is 0 Å². The van der Waals surface area contributed by atoms with Crippen LogP contribution in [0.4, 0.5) is 11.4 Å². The molecule has 2 N–H and O–H groups in total. The third-order valence-corrected chi connectivity index (χ3v) is 4.92. The van der Waals surface area contributed by atoms with Crippen LogP contribution in [0.2, 0.25) is 0 Å². The summed E-state index contributed by atoms with van der Waals surface area (Å²) in [6.45, 7) is 7.04. The van der Waals surface area contributed by atoms with E-state index >= 15 is 0 Å². The first-order valence-corrected chi connectivity index (χ1v) is 9.11. The monoisotopic (exact) mass is 395 g/mol. The van der Waals surface area contributed by atoms with Gasteiger partial charge in [0.25, 0.3) is 5.91 Å². The van der Waals surface area contributed by atoms with Crippen LogP contribution >= 0.6 is 0 Å². The summed E-state index contributed by atoms with van der Waals surface area (Å²) < 4.78 is 1.69. The van der Waals surface area contributed by atoms with Gasteiger partial charge >= 0.3 is 0 Å². The molecule has 146 valence electrons. The lowest BCUT2D eigenvalue weighted by molar-refractivity contribution is 0.0988. The van der Waals surface area contributed by atoms with Gasteiger partial charge in [0, 0.05) is 35.6 Å². The maximum atomic E-state index is 13.0. The number of hydrogen-bond acceptors (Lipinski definition) is 3. The molecule has 2 aromatic carbocycles. The number of carbonyl (C=O) groups excluding carboxylic acids is 2. The van der Waals surface area contributed by atoms with Gasteiger partial charge in [-0.2, -0.15) is 5.10 Å². The quantitative estimate of drug-likeness (QED) is 0.531. The molecule has 0 saturated heterocycles. The van der Waals surface area contributed by atoms with Gasteiger partial charge in [-0.1, -0.05) is 24.3 Å². The van der Waals surface area contributed by atoms with E-state index in [1.165, 1.54) is 4.90 Å². The molecule has 2 amide bonds. The van der Waals surface area contributed by atoms with Crippen LogP contribution in [0.1, 0.15) is 20.7 Å². The number of aromatic nitrogens is 2. The smallest absolute Gasteiger partial charge is 0.258 e. The number of anilines is 1. The van der Waals surface area contributed by atoms with Gasteiger partial charge in [-0.3, -0.25) is 9.59 Å². The maximum absolute atomic E-state index is 13.0. The predicted molar refractivity (Wildman–Crippen MR) is 115 cm³/mol. The molecule has 4 rings (SSSR count). The van der Waals surface area contributed by atoms with Crippen molar-refractivity contribution in [3.05, 3.63) is 95.6 Å². The highest BCUT2D eigenvalue weighted by Crippen LogP contribution is 2.26. The minimum Gasteiger partial charge on any atom is -0.366 e. The van der Waals surface area contributed by atoms with Gasteiger partial charge < -0.3 is 10.6 Å². The standard InChI is InChI=1S/C23H17N5O2/c1-25-18-7-9-19(10-8-18)27(2)23(30)17-11-12-28-21(13-17)20(14-26-28)15-3-5-16(6-4-15)22(24)29/h3-14H,2H3,(H2,24,29). The topological polar surface area (TPSA) is 85.1 Å². The molecule has 0 spiro atoms. The van der Waals surface area contributed by atoms with Crippen LogP contribution < -0.4 is 10.6 Å². The number of pyridine rings is 1. The number of amides is 2. The lowest BCUT2D eigenvalue weighted by Crippen LogP contribution is -2.26. The predicted octanol–water partition coefficient (Wildman–Crippen LogP) is 3.93. The molecule has 0 aliphatic carbocycles. The van der Waals surface area contributed by atoms with Crippen molar-refractivity contribution in [1.29, 1.82) is 0 Å². The summed E-state index contributed by atoms with van der Waals surface area (Å²) in [6.07, 6.45) is 3.45. The number of primary amides is 1. The Labute approximate surface area is 172 Å². The SMILES string of the molecule is [C-]#[N+]c1ccc(N(C)C(=O)c2ccn3ncc(-c4ccc(C(N)=O)cc4)c3c2)cc1. The zero-order valence-corrected chi connectivity index (χ0v) is 16.1. The third kappa shape index (κ3) is 3.38. The van der Waals surface area contributed by atoms with Crippen molar-refractivity contribution in [3.8, 4) is 11.1 Å². The largest absolute Gasteiger partial charge is 0.366 e. The van der Waals surface area contributed by atoms with Crippen molar-refractivity contribution in [2.24, 2.45) is 5.73 Å². The highest BCUT2D eigenvalue weighted by atomic mass is 16.2. The molecule has 0 unspecified atom stereocenters. The molecule has 0 atom stereocenters. The van der Waals surface area contributed by atoms with E-state index in [9.17, 15) is 9.59 Å². The molecule has 0 saturated carbocycles. The Morgan fingerprint density at radius 1 is 1.03 bits per heavy atom. The van der Waals surface area contributed by atoms with Crippen molar-refractivity contribution >= 4 is 28.7 Å². The van der Waals surface area contributed by atoms with Crippen LogP contribution in [0.5, 0.6) is 0 Å². The van der Waals surface area contributed by atoms with Crippen LogP contribution in [0.3, 0.4) is 0 Å². The Morgan fingerprint density at radius 3 is 2.37 bits per heavy atom. The Kier molecular flexibility index (Phi) is 4.74. The lowest BCUT2D eigenvalue weighted by Gasteiger charge is -2.17. The van der Waals surface area contributed by atoms with E-state index in [0.717, 1.165) is 16.6 Å². The lowest BCUT2D eigenvalue weighted by atomic mass is 10.0. The van der Waals surface area contributed by atoms with Gasteiger partial charge in [-0.25, -0.2) is 9.36 Å². The number of hydrogen-bond donors (Lipinski definition) is 1. The Hall–Kier alpha value is -4.44. The number of carbonyl (C=O) groups is 2. The van der Waals surface area contributed by atoms with Crippen molar-refractivity contribution in [2.75, 3.05) is 11.9 Å². The minimum absolute atomic E-state index is 0.177. The molecule has 7 heteroatoms. The van der Waals surface area contributed by atoms with E-state index < -0.39 is 5.91 Å². The molecule has 7 nitrogen and oxygen atoms in total. The summed E-state index contributed by atoms with van der Waals surface area (Å²) in [5, 5.41) is 4.35. The summed E-state index contributed by atoms with van der Waals surface area (Å²) in [5.74, 6) is -0.661. The highest BCUT2D eigenvalue weighted by Gasteiger charge is 2.16. The average molecular weight is 395 g/mol. The molecule has 0 aliphatic rings. The number of nitrogens with two attached hydrogens (primary N) is 1. The maximum Gasteiger partial charge on any atom is 0.258 e. The molecule has 2 heterocycles. The second-order valence-corrected chi connectivity index (χ2v) is 6.74. The van der Waals surface area contributed by atoms with Gasteiger partial charge in [-0.05, 0) is 42.0 Å². The fraction of sp³-hybridized carbons (Fsp3) is 0.0435. The Bertz CT molecular complexity index is 1300.